The Balaban J connectivity index is 2.37. The maximum absolute atomic E-state index is 12.4. The highest BCUT2D eigenvalue weighted by Crippen LogP contribution is 2.25. The number of hydrogen-bond acceptors (Lipinski definition) is 5. The molecule has 1 amide bonds. The van der Waals surface area contributed by atoms with Crippen LogP contribution in [0.3, 0.4) is 0 Å². The monoisotopic (exact) mass is 354 g/mol. The molecule has 0 fully saturated rings. The standard InChI is InChI=1S/C14H14N2O5S2/c1-16(2)13(17)9-4-3-5-10(8-9)23(20,21)15-11-6-7-22-12(11)14(18)19/h3-8,15H,1-2H3,(H,18,19). The van der Waals surface area contributed by atoms with Crippen molar-refractivity contribution >= 4 is 38.9 Å². The smallest absolute Gasteiger partial charge is 0.348 e. The second-order valence-corrected chi connectivity index (χ2v) is 7.40. The Bertz CT molecular complexity index is 856. The van der Waals surface area contributed by atoms with E-state index in [1.54, 1.807) is 14.1 Å². The van der Waals surface area contributed by atoms with Crippen molar-refractivity contribution in [2.24, 2.45) is 0 Å². The van der Waals surface area contributed by atoms with Gasteiger partial charge in [-0.25, -0.2) is 13.2 Å². The van der Waals surface area contributed by atoms with Crippen molar-refractivity contribution in [2.75, 3.05) is 18.8 Å². The lowest BCUT2D eigenvalue weighted by molar-refractivity contribution is 0.0702. The minimum atomic E-state index is -4.00. The van der Waals surface area contributed by atoms with Gasteiger partial charge in [0.05, 0.1) is 10.6 Å². The fraction of sp³-hybridized carbons (Fsp3) is 0.143. The SMILES string of the molecule is CN(C)C(=O)c1cccc(S(=O)(=O)Nc2ccsc2C(=O)O)c1. The first-order chi connectivity index (χ1) is 10.7. The predicted octanol–water partition coefficient (Wildman–Crippen LogP) is 1.95. The Labute approximate surface area is 137 Å². The maximum Gasteiger partial charge on any atom is 0.348 e. The summed E-state index contributed by atoms with van der Waals surface area (Å²) in [6, 6.07) is 6.92. The zero-order chi connectivity index (χ0) is 17.2. The molecule has 0 aliphatic rings. The van der Waals surface area contributed by atoms with Crippen LogP contribution in [0.1, 0.15) is 20.0 Å². The summed E-state index contributed by atoms with van der Waals surface area (Å²) in [5, 5.41) is 10.5. The van der Waals surface area contributed by atoms with Crippen molar-refractivity contribution in [3.63, 3.8) is 0 Å². The van der Waals surface area contributed by atoms with Gasteiger partial charge in [-0.3, -0.25) is 9.52 Å². The molecule has 2 rings (SSSR count). The van der Waals surface area contributed by atoms with E-state index in [-0.39, 0.29) is 26.9 Å². The molecule has 0 saturated heterocycles. The maximum atomic E-state index is 12.4. The van der Waals surface area contributed by atoms with Crippen LogP contribution < -0.4 is 4.72 Å². The van der Waals surface area contributed by atoms with Gasteiger partial charge >= 0.3 is 5.97 Å². The summed E-state index contributed by atoms with van der Waals surface area (Å²) in [6.45, 7) is 0. The van der Waals surface area contributed by atoms with Crippen LogP contribution in [0.2, 0.25) is 0 Å². The van der Waals surface area contributed by atoms with Crippen LogP contribution in [0.5, 0.6) is 0 Å². The van der Waals surface area contributed by atoms with E-state index in [0.29, 0.717) is 0 Å². The van der Waals surface area contributed by atoms with E-state index in [1.807, 2.05) is 0 Å². The highest BCUT2D eigenvalue weighted by atomic mass is 32.2. The Morgan fingerprint density at radius 2 is 1.91 bits per heavy atom. The van der Waals surface area contributed by atoms with Gasteiger partial charge < -0.3 is 10.0 Å². The van der Waals surface area contributed by atoms with Gasteiger partial charge in [-0.15, -0.1) is 11.3 Å². The van der Waals surface area contributed by atoms with E-state index >= 15 is 0 Å². The minimum absolute atomic E-state index is 0.00756. The Morgan fingerprint density at radius 1 is 1.22 bits per heavy atom. The molecule has 23 heavy (non-hydrogen) atoms. The summed E-state index contributed by atoms with van der Waals surface area (Å²) >= 11 is 0.918. The molecular weight excluding hydrogens is 340 g/mol. The van der Waals surface area contributed by atoms with Crippen LogP contribution in [-0.4, -0.2) is 44.4 Å². The van der Waals surface area contributed by atoms with Gasteiger partial charge in [0.15, 0.2) is 0 Å². The van der Waals surface area contributed by atoms with Gasteiger partial charge in [-0.1, -0.05) is 6.07 Å². The summed E-state index contributed by atoms with van der Waals surface area (Å²) in [4.78, 5) is 24.1. The molecule has 0 atom stereocenters. The molecule has 0 aliphatic heterocycles. The number of rotatable bonds is 5. The molecule has 122 valence electrons. The van der Waals surface area contributed by atoms with Crippen molar-refractivity contribution in [3.05, 3.63) is 46.2 Å². The largest absolute Gasteiger partial charge is 0.477 e. The number of nitrogens with one attached hydrogen (secondary N) is 1. The number of amides is 1. The number of anilines is 1. The van der Waals surface area contributed by atoms with Crippen molar-refractivity contribution in [1.29, 1.82) is 0 Å². The lowest BCUT2D eigenvalue weighted by Crippen LogP contribution is -2.22. The van der Waals surface area contributed by atoms with E-state index in [2.05, 4.69) is 4.72 Å². The van der Waals surface area contributed by atoms with E-state index in [4.69, 9.17) is 5.11 Å². The first-order valence-electron chi connectivity index (χ1n) is 6.37. The molecule has 0 radical (unpaired) electrons. The van der Waals surface area contributed by atoms with Crippen molar-refractivity contribution in [1.82, 2.24) is 4.90 Å². The number of carbonyl (C=O) groups excluding carboxylic acids is 1. The molecular formula is C14H14N2O5S2. The van der Waals surface area contributed by atoms with Crippen molar-refractivity contribution in [3.8, 4) is 0 Å². The molecule has 0 aliphatic carbocycles. The summed E-state index contributed by atoms with van der Waals surface area (Å²) in [5.74, 6) is -1.54. The Morgan fingerprint density at radius 3 is 2.52 bits per heavy atom. The molecule has 0 unspecified atom stereocenters. The van der Waals surface area contributed by atoms with E-state index in [0.717, 1.165) is 11.3 Å². The average molecular weight is 354 g/mol. The lowest BCUT2D eigenvalue weighted by Gasteiger charge is -2.12. The van der Waals surface area contributed by atoms with Gasteiger partial charge in [-0.2, -0.15) is 0 Å². The number of benzene rings is 1. The number of nitrogens with zero attached hydrogens (tertiary/aromatic N) is 1. The van der Waals surface area contributed by atoms with Gasteiger partial charge in [0.1, 0.15) is 4.88 Å². The van der Waals surface area contributed by atoms with Crippen LogP contribution in [-0.2, 0) is 10.0 Å². The van der Waals surface area contributed by atoms with Crippen molar-refractivity contribution in [2.45, 2.75) is 4.90 Å². The molecule has 7 nitrogen and oxygen atoms in total. The first kappa shape index (κ1) is 17.0. The first-order valence-corrected chi connectivity index (χ1v) is 8.74. The molecule has 2 aromatic rings. The predicted molar refractivity (Wildman–Crippen MR) is 86.5 cm³/mol. The van der Waals surface area contributed by atoms with Gasteiger partial charge in [0, 0.05) is 19.7 Å². The molecule has 9 heteroatoms. The number of hydrogen-bond donors (Lipinski definition) is 2. The Hall–Kier alpha value is -2.39. The molecule has 1 heterocycles. The van der Waals surface area contributed by atoms with Gasteiger partial charge in [-0.05, 0) is 29.6 Å². The topological polar surface area (TPSA) is 104 Å². The summed E-state index contributed by atoms with van der Waals surface area (Å²) in [7, 11) is -0.875. The fourth-order valence-electron chi connectivity index (χ4n) is 1.81. The fourth-order valence-corrected chi connectivity index (χ4v) is 3.68. The van der Waals surface area contributed by atoms with Crippen LogP contribution >= 0.6 is 11.3 Å². The quantitative estimate of drug-likeness (QED) is 0.854. The normalized spacial score (nSPS) is 11.0. The molecule has 0 spiro atoms. The molecule has 0 bridgehead atoms. The molecule has 2 N–H and O–H groups in total. The molecule has 1 aromatic carbocycles. The highest BCUT2D eigenvalue weighted by molar-refractivity contribution is 7.92. The summed E-state index contributed by atoms with van der Waals surface area (Å²) in [5.41, 5.74) is 0.216. The van der Waals surface area contributed by atoms with Crippen LogP contribution in [0.25, 0.3) is 0 Å². The zero-order valence-corrected chi connectivity index (χ0v) is 13.9. The van der Waals surface area contributed by atoms with E-state index in [1.165, 1.54) is 40.6 Å². The van der Waals surface area contributed by atoms with Gasteiger partial charge in [0.25, 0.3) is 15.9 Å². The van der Waals surface area contributed by atoms with Crippen LogP contribution in [0.15, 0.2) is 40.6 Å². The third kappa shape index (κ3) is 3.69. The van der Waals surface area contributed by atoms with E-state index in [9.17, 15) is 18.0 Å². The van der Waals surface area contributed by atoms with Crippen LogP contribution in [0, 0.1) is 0 Å². The number of carbonyl (C=O) groups is 2. The Kier molecular flexibility index (Phi) is 4.71. The summed E-state index contributed by atoms with van der Waals surface area (Å²) < 4.78 is 27.0. The van der Waals surface area contributed by atoms with Crippen LogP contribution in [0.4, 0.5) is 5.69 Å². The minimum Gasteiger partial charge on any atom is -0.477 e. The zero-order valence-electron chi connectivity index (χ0n) is 12.3. The van der Waals surface area contributed by atoms with Crippen molar-refractivity contribution < 1.29 is 23.1 Å². The number of sulfonamides is 1. The lowest BCUT2D eigenvalue weighted by atomic mass is 10.2. The second kappa shape index (κ2) is 6.39. The number of carboxylic acid groups (broad SMARTS) is 1. The number of aromatic carboxylic acids is 1. The second-order valence-electron chi connectivity index (χ2n) is 4.80. The number of thiophene rings is 1. The highest BCUT2D eigenvalue weighted by Gasteiger charge is 2.21. The van der Waals surface area contributed by atoms with Gasteiger partial charge in [0.2, 0.25) is 0 Å². The molecule has 1 aromatic heterocycles. The molecule has 0 saturated carbocycles. The summed E-state index contributed by atoms with van der Waals surface area (Å²) in [6.07, 6.45) is 0. The third-order valence-corrected chi connectivity index (χ3v) is 5.17. The van der Waals surface area contributed by atoms with E-state index < -0.39 is 16.0 Å². The number of carboxylic acids is 1. The third-order valence-electron chi connectivity index (χ3n) is 2.90. The average Bonchev–Trinajstić information content (AvgIpc) is 2.94.